The van der Waals surface area contributed by atoms with Gasteiger partial charge in [-0.2, -0.15) is 0 Å². The number of methoxy groups -OCH3 is 1. The van der Waals surface area contributed by atoms with E-state index in [-0.39, 0.29) is 0 Å². The summed E-state index contributed by atoms with van der Waals surface area (Å²) in [6.07, 6.45) is 0.558. The lowest BCUT2D eigenvalue weighted by atomic mass is 10.1. The zero-order valence-corrected chi connectivity index (χ0v) is 12.5. The lowest BCUT2D eigenvalue weighted by Gasteiger charge is -2.23. The molecule has 2 aromatic rings. The van der Waals surface area contributed by atoms with E-state index in [4.69, 9.17) is 4.74 Å². The van der Waals surface area contributed by atoms with E-state index in [0.717, 1.165) is 22.3 Å². The molecule has 0 saturated heterocycles. The monoisotopic (exact) mass is 288 g/mol. The van der Waals surface area contributed by atoms with Crippen LogP contribution in [0.1, 0.15) is 19.0 Å². The van der Waals surface area contributed by atoms with Crippen molar-refractivity contribution in [1.82, 2.24) is 9.88 Å². The molecule has 0 aliphatic carbocycles. The maximum atomic E-state index is 11.2. The maximum Gasteiger partial charge on any atom is 0.320 e. The Bertz CT molecular complexity index is 642. The van der Waals surface area contributed by atoms with Crippen molar-refractivity contribution in [3.63, 3.8) is 0 Å². The minimum Gasteiger partial charge on any atom is -0.494 e. The summed E-state index contributed by atoms with van der Waals surface area (Å²) < 4.78 is 5.32. The lowest BCUT2D eigenvalue weighted by molar-refractivity contribution is -0.143. The molecule has 1 atom stereocenters. The molecule has 1 aromatic heterocycles. The number of likely N-dealkylation sites (N-methyl/N-ethyl adjacent to an activating group) is 1. The zero-order valence-electron chi connectivity index (χ0n) is 12.5. The minimum atomic E-state index is -0.807. The van der Waals surface area contributed by atoms with Crippen LogP contribution >= 0.6 is 0 Å². The topological polar surface area (TPSA) is 62.7 Å². The Hall–Kier alpha value is -2.14. The normalized spacial score (nSPS) is 12.6. The van der Waals surface area contributed by atoms with Crippen LogP contribution in [-0.2, 0) is 11.3 Å². The van der Waals surface area contributed by atoms with Gasteiger partial charge in [0.15, 0.2) is 0 Å². The van der Waals surface area contributed by atoms with Crippen molar-refractivity contribution >= 4 is 16.9 Å². The molecule has 0 radical (unpaired) electrons. The Morgan fingerprint density at radius 1 is 1.38 bits per heavy atom. The number of carbonyl (C=O) groups is 1. The van der Waals surface area contributed by atoms with Gasteiger partial charge in [0.25, 0.3) is 0 Å². The predicted octanol–water partition coefficient (Wildman–Crippen LogP) is 2.54. The number of aromatic nitrogens is 1. The molecule has 1 unspecified atom stereocenters. The molecular weight excluding hydrogens is 268 g/mol. The van der Waals surface area contributed by atoms with Gasteiger partial charge in [0.1, 0.15) is 17.3 Å². The molecule has 0 amide bonds. The first-order chi connectivity index (χ1) is 10.1. The van der Waals surface area contributed by atoms with Gasteiger partial charge in [-0.3, -0.25) is 9.69 Å². The molecule has 0 bridgehead atoms. The third-order valence-corrected chi connectivity index (χ3v) is 3.58. The van der Waals surface area contributed by atoms with Crippen LogP contribution in [0.25, 0.3) is 10.9 Å². The second-order valence-electron chi connectivity index (χ2n) is 5.01. The summed E-state index contributed by atoms with van der Waals surface area (Å²) in [4.78, 5) is 17.6. The number of para-hydroxylation sites is 1. The Kier molecular flexibility index (Phi) is 4.75. The van der Waals surface area contributed by atoms with E-state index in [2.05, 4.69) is 4.98 Å². The second-order valence-corrected chi connectivity index (χ2v) is 5.01. The number of fused-ring (bicyclic) bond motifs is 1. The Morgan fingerprint density at radius 2 is 2.14 bits per heavy atom. The number of nitrogens with zero attached hydrogens (tertiary/aromatic N) is 2. The molecule has 2 rings (SSSR count). The van der Waals surface area contributed by atoms with Crippen molar-refractivity contribution in [3.8, 4) is 5.75 Å². The van der Waals surface area contributed by atoms with Crippen LogP contribution < -0.4 is 4.74 Å². The summed E-state index contributed by atoms with van der Waals surface area (Å²) in [5.41, 5.74) is 1.63. The van der Waals surface area contributed by atoms with E-state index in [1.807, 2.05) is 37.3 Å². The Balaban J connectivity index is 2.28. The standard InChI is InChI=1S/C16H20N2O3/c1-4-13(16(19)20)18(2)10-12-9-8-11-6-5-7-14(21-3)15(11)17-12/h5-9,13H,4,10H2,1-3H3,(H,19,20). The van der Waals surface area contributed by atoms with Gasteiger partial charge >= 0.3 is 5.97 Å². The van der Waals surface area contributed by atoms with Gasteiger partial charge in [0.05, 0.1) is 12.8 Å². The number of hydrogen-bond donors (Lipinski definition) is 1. The van der Waals surface area contributed by atoms with Crippen LogP contribution in [0.15, 0.2) is 30.3 Å². The number of carboxylic acids is 1. The van der Waals surface area contributed by atoms with E-state index in [0.29, 0.717) is 13.0 Å². The average molecular weight is 288 g/mol. The number of carboxylic acid groups (broad SMARTS) is 1. The number of hydrogen-bond acceptors (Lipinski definition) is 4. The summed E-state index contributed by atoms with van der Waals surface area (Å²) in [5.74, 6) is -0.0827. The predicted molar refractivity (Wildman–Crippen MR) is 81.5 cm³/mol. The van der Waals surface area contributed by atoms with Gasteiger partial charge in [-0.1, -0.05) is 25.1 Å². The molecule has 5 heteroatoms. The van der Waals surface area contributed by atoms with E-state index in [1.165, 1.54) is 0 Å². The molecule has 112 valence electrons. The number of aliphatic carboxylic acids is 1. The van der Waals surface area contributed by atoms with Crippen LogP contribution in [0.5, 0.6) is 5.75 Å². The Morgan fingerprint density at radius 3 is 2.76 bits per heavy atom. The summed E-state index contributed by atoms with van der Waals surface area (Å²) in [6, 6.07) is 9.17. The van der Waals surface area contributed by atoms with Crippen molar-refractivity contribution in [2.24, 2.45) is 0 Å². The van der Waals surface area contributed by atoms with Crippen LogP contribution in [0.2, 0.25) is 0 Å². The number of pyridine rings is 1. The number of ether oxygens (including phenoxy) is 1. The summed E-state index contributed by atoms with van der Waals surface area (Å²) in [7, 11) is 3.42. The van der Waals surface area contributed by atoms with Gasteiger partial charge in [-0.25, -0.2) is 4.98 Å². The smallest absolute Gasteiger partial charge is 0.320 e. The molecule has 5 nitrogen and oxygen atoms in total. The SMILES string of the molecule is CCC(C(=O)O)N(C)Cc1ccc2cccc(OC)c2n1. The molecule has 0 fully saturated rings. The molecule has 1 heterocycles. The molecule has 21 heavy (non-hydrogen) atoms. The van der Waals surface area contributed by atoms with E-state index >= 15 is 0 Å². The van der Waals surface area contributed by atoms with Crippen molar-refractivity contribution < 1.29 is 14.6 Å². The van der Waals surface area contributed by atoms with Crippen LogP contribution in [0, 0.1) is 0 Å². The third-order valence-electron chi connectivity index (χ3n) is 3.58. The minimum absolute atomic E-state index is 0.485. The maximum absolute atomic E-state index is 11.2. The molecule has 0 aliphatic heterocycles. The van der Waals surface area contributed by atoms with Crippen molar-refractivity contribution in [1.29, 1.82) is 0 Å². The van der Waals surface area contributed by atoms with E-state index in [9.17, 15) is 9.90 Å². The van der Waals surface area contributed by atoms with Crippen LogP contribution in [-0.4, -0.2) is 41.2 Å². The number of rotatable bonds is 6. The molecule has 1 N–H and O–H groups in total. The van der Waals surface area contributed by atoms with E-state index in [1.54, 1.807) is 19.1 Å². The molecule has 0 spiro atoms. The largest absolute Gasteiger partial charge is 0.494 e. The van der Waals surface area contributed by atoms with Gasteiger partial charge in [0.2, 0.25) is 0 Å². The van der Waals surface area contributed by atoms with Crippen molar-refractivity contribution in [2.75, 3.05) is 14.2 Å². The van der Waals surface area contributed by atoms with Crippen LogP contribution in [0.3, 0.4) is 0 Å². The highest BCUT2D eigenvalue weighted by Crippen LogP contribution is 2.24. The van der Waals surface area contributed by atoms with Gasteiger partial charge < -0.3 is 9.84 Å². The van der Waals surface area contributed by atoms with Crippen LogP contribution in [0.4, 0.5) is 0 Å². The quantitative estimate of drug-likeness (QED) is 0.885. The third kappa shape index (κ3) is 3.31. The summed E-state index contributed by atoms with van der Waals surface area (Å²) >= 11 is 0. The highest BCUT2D eigenvalue weighted by atomic mass is 16.5. The number of benzene rings is 1. The molecule has 0 aliphatic rings. The zero-order chi connectivity index (χ0) is 15.4. The fourth-order valence-corrected chi connectivity index (χ4v) is 2.45. The molecule has 1 aromatic carbocycles. The van der Waals surface area contributed by atoms with Gasteiger partial charge in [-0.05, 0) is 25.6 Å². The molecule has 0 saturated carbocycles. The van der Waals surface area contributed by atoms with Crippen molar-refractivity contribution in [2.45, 2.75) is 25.9 Å². The fourth-order valence-electron chi connectivity index (χ4n) is 2.45. The summed E-state index contributed by atoms with van der Waals surface area (Å²) in [5, 5.41) is 10.2. The fraction of sp³-hybridized carbons (Fsp3) is 0.375. The summed E-state index contributed by atoms with van der Waals surface area (Å²) in [6.45, 7) is 2.35. The first kappa shape index (κ1) is 15.3. The lowest BCUT2D eigenvalue weighted by Crippen LogP contribution is -2.37. The highest BCUT2D eigenvalue weighted by Gasteiger charge is 2.20. The first-order valence-corrected chi connectivity index (χ1v) is 6.92. The van der Waals surface area contributed by atoms with Gasteiger partial charge in [-0.15, -0.1) is 0 Å². The van der Waals surface area contributed by atoms with E-state index < -0.39 is 12.0 Å². The Labute approximate surface area is 124 Å². The second kappa shape index (κ2) is 6.54. The molecular formula is C16H20N2O3. The average Bonchev–Trinajstić information content (AvgIpc) is 2.46. The van der Waals surface area contributed by atoms with Gasteiger partial charge in [0, 0.05) is 11.9 Å². The highest BCUT2D eigenvalue weighted by molar-refractivity contribution is 5.84. The first-order valence-electron chi connectivity index (χ1n) is 6.92. The van der Waals surface area contributed by atoms with Crippen molar-refractivity contribution in [3.05, 3.63) is 36.0 Å².